The quantitative estimate of drug-likeness (QED) is 0.770. The Kier molecular flexibility index (Phi) is 3.82. The first-order chi connectivity index (χ1) is 9.17. The van der Waals surface area contributed by atoms with Crippen LogP contribution in [0.2, 0.25) is 0 Å². The highest BCUT2D eigenvalue weighted by molar-refractivity contribution is 5.94. The van der Waals surface area contributed by atoms with Gasteiger partial charge in [-0.15, -0.1) is 0 Å². The largest absolute Gasteiger partial charge is 0.453 e. The molecule has 0 radical (unpaired) electrons. The fraction of sp³-hybridized carbons (Fsp3) is 0.250. The SMILES string of the molecule is CCCC(=O)c1ccc(-c2c(C)cccc2C#N)o1. The number of furan rings is 1. The Hall–Kier alpha value is -2.34. The molecule has 96 valence electrons. The summed E-state index contributed by atoms with van der Waals surface area (Å²) in [5, 5.41) is 9.15. The van der Waals surface area contributed by atoms with Crippen molar-refractivity contribution in [1.82, 2.24) is 0 Å². The van der Waals surface area contributed by atoms with Crippen LogP contribution in [0, 0.1) is 18.3 Å². The molecule has 0 unspecified atom stereocenters. The molecule has 3 heteroatoms. The number of ketones is 1. The van der Waals surface area contributed by atoms with Crippen molar-refractivity contribution in [3.63, 3.8) is 0 Å². The van der Waals surface area contributed by atoms with Gasteiger partial charge in [0.05, 0.1) is 11.6 Å². The lowest BCUT2D eigenvalue weighted by Crippen LogP contribution is -1.95. The number of benzene rings is 1. The van der Waals surface area contributed by atoms with E-state index in [2.05, 4.69) is 6.07 Å². The monoisotopic (exact) mass is 253 g/mol. The predicted octanol–water partition coefficient (Wildman–Crippen LogP) is 4.11. The predicted molar refractivity (Wildman–Crippen MR) is 72.8 cm³/mol. The topological polar surface area (TPSA) is 54.0 Å². The molecular formula is C16H15NO2. The Bertz CT molecular complexity index is 647. The molecule has 0 amide bonds. The van der Waals surface area contributed by atoms with E-state index in [0.29, 0.717) is 23.5 Å². The summed E-state index contributed by atoms with van der Waals surface area (Å²) < 4.78 is 5.61. The van der Waals surface area contributed by atoms with E-state index >= 15 is 0 Å². The minimum absolute atomic E-state index is 0.000779. The summed E-state index contributed by atoms with van der Waals surface area (Å²) in [4.78, 5) is 11.8. The Morgan fingerprint density at radius 3 is 2.79 bits per heavy atom. The number of carbonyl (C=O) groups is 1. The van der Waals surface area contributed by atoms with Crippen molar-refractivity contribution in [1.29, 1.82) is 5.26 Å². The highest BCUT2D eigenvalue weighted by Crippen LogP contribution is 2.29. The number of nitriles is 1. The minimum atomic E-state index is 0.000779. The van der Waals surface area contributed by atoms with Crippen LogP contribution in [-0.4, -0.2) is 5.78 Å². The van der Waals surface area contributed by atoms with Gasteiger partial charge in [0.1, 0.15) is 5.76 Å². The van der Waals surface area contributed by atoms with Gasteiger partial charge >= 0.3 is 0 Å². The van der Waals surface area contributed by atoms with E-state index in [4.69, 9.17) is 9.68 Å². The maximum absolute atomic E-state index is 11.8. The van der Waals surface area contributed by atoms with Crippen molar-refractivity contribution in [2.24, 2.45) is 0 Å². The van der Waals surface area contributed by atoms with Gasteiger partial charge in [-0.3, -0.25) is 4.79 Å². The zero-order valence-corrected chi connectivity index (χ0v) is 11.1. The normalized spacial score (nSPS) is 10.2. The molecule has 0 fully saturated rings. The van der Waals surface area contributed by atoms with Gasteiger partial charge in [-0.25, -0.2) is 0 Å². The van der Waals surface area contributed by atoms with Crippen molar-refractivity contribution in [3.8, 4) is 17.4 Å². The summed E-state index contributed by atoms with van der Waals surface area (Å²) in [5.41, 5.74) is 2.28. The van der Waals surface area contributed by atoms with Gasteiger partial charge < -0.3 is 4.42 Å². The van der Waals surface area contributed by atoms with Crippen LogP contribution in [0.15, 0.2) is 34.7 Å². The Morgan fingerprint density at radius 2 is 2.11 bits per heavy atom. The summed E-state index contributed by atoms with van der Waals surface area (Å²) in [7, 11) is 0. The molecule has 0 bridgehead atoms. The van der Waals surface area contributed by atoms with Crippen molar-refractivity contribution in [2.45, 2.75) is 26.7 Å². The summed E-state index contributed by atoms with van der Waals surface area (Å²) in [6, 6.07) is 11.1. The molecule has 2 rings (SSSR count). The van der Waals surface area contributed by atoms with Crippen LogP contribution in [0.25, 0.3) is 11.3 Å². The number of Topliss-reactive ketones (excluding diaryl/α,β-unsaturated/α-hetero) is 1. The fourth-order valence-corrected chi connectivity index (χ4v) is 2.06. The van der Waals surface area contributed by atoms with Crippen LogP contribution in [-0.2, 0) is 0 Å². The number of hydrogen-bond donors (Lipinski definition) is 0. The molecule has 0 aliphatic rings. The lowest BCUT2D eigenvalue weighted by molar-refractivity contribution is 0.0955. The molecule has 0 saturated heterocycles. The molecule has 3 nitrogen and oxygen atoms in total. The molecule has 2 aromatic rings. The van der Waals surface area contributed by atoms with Crippen molar-refractivity contribution >= 4 is 5.78 Å². The maximum Gasteiger partial charge on any atom is 0.198 e. The van der Waals surface area contributed by atoms with E-state index in [0.717, 1.165) is 17.5 Å². The lowest BCUT2D eigenvalue weighted by atomic mass is 10.0. The number of rotatable bonds is 4. The molecule has 0 aliphatic heterocycles. The number of hydrogen-bond acceptors (Lipinski definition) is 3. The zero-order chi connectivity index (χ0) is 13.8. The average Bonchev–Trinajstić information content (AvgIpc) is 2.88. The third-order valence-electron chi connectivity index (χ3n) is 3.00. The lowest BCUT2D eigenvalue weighted by Gasteiger charge is -2.04. The third kappa shape index (κ3) is 2.58. The van der Waals surface area contributed by atoms with Gasteiger partial charge in [-0.1, -0.05) is 19.1 Å². The number of aryl methyl sites for hydroxylation is 1. The number of carbonyl (C=O) groups excluding carboxylic acids is 1. The van der Waals surface area contributed by atoms with E-state index in [-0.39, 0.29) is 5.78 Å². The second-order valence-electron chi connectivity index (χ2n) is 4.45. The highest BCUT2D eigenvalue weighted by atomic mass is 16.3. The van der Waals surface area contributed by atoms with E-state index in [1.807, 2.05) is 26.0 Å². The summed E-state index contributed by atoms with van der Waals surface area (Å²) in [6.45, 7) is 3.88. The first-order valence-electron chi connectivity index (χ1n) is 6.30. The number of nitrogens with zero attached hydrogens (tertiary/aromatic N) is 1. The minimum Gasteiger partial charge on any atom is -0.453 e. The van der Waals surface area contributed by atoms with E-state index < -0.39 is 0 Å². The molecule has 0 atom stereocenters. The van der Waals surface area contributed by atoms with Crippen LogP contribution in [0.4, 0.5) is 0 Å². The van der Waals surface area contributed by atoms with Gasteiger partial charge in [0.2, 0.25) is 0 Å². The van der Waals surface area contributed by atoms with E-state index in [9.17, 15) is 4.79 Å². The summed E-state index contributed by atoms with van der Waals surface area (Å²) >= 11 is 0. The van der Waals surface area contributed by atoms with Crippen LogP contribution in [0.5, 0.6) is 0 Å². The second-order valence-corrected chi connectivity index (χ2v) is 4.45. The van der Waals surface area contributed by atoms with Crippen LogP contribution in [0.1, 0.15) is 41.4 Å². The Morgan fingerprint density at radius 1 is 1.32 bits per heavy atom. The molecule has 0 N–H and O–H groups in total. The molecule has 19 heavy (non-hydrogen) atoms. The van der Waals surface area contributed by atoms with Crippen molar-refractivity contribution < 1.29 is 9.21 Å². The molecule has 1 aromatic heterocycles. The van der Waals surface area contributed by atoms with Gasteiger partial charge in [-0.2, -0.15) is 5.26 Å². The Labute approximate surface area is 112 Å². The van der Waals surface area contributed by atoms with Crippen LogP contribution < -0.4 is 0 Å². The average molecular weight is 253 g/mol. The van der Waals surface area contributed by atoms with Crippen LogP contribution >= 0.6 is 0 Å². The second kappa shape index (κ2) is 5.53. The van der Waals surface area contributed by atoms with Gasteiger partial charge in [0.15, 0.2) is 11.5 Å². The van der Waals surface area contributed by atoms with E-state index in [1.165, 1.54) is 0 Å². The van der Waals surface area contributed by atoms with Gasteiger partial charge in [0, 0.05) is 12.0 Å². The van der Waals surface area contributed by atoms with Gasteiger partial charge in [0.25, 0.3) is 0 Å². The smallest absolute Gasteiger partial charge is 0.198 e. The molecule has 0 aliphatic carbocycles. The standard InChI is InChI=1S/C16H15NO2/c1-3-5-13(18)14-8-9-15(19-14)16-11(2)6-4-7-12(16)10-17/h4,6-9H,3,5H2,1-2H3. The molecule has 0 spiro atoms. The molecule has 1 heterocycles. The first-order valence-corrected chi connectivity index (χ1v) is 6.30. The zero-order valence-electron chi connectivity index (χ0n) is 11.1. The van der Waals surface area contributed by atoms with Gasteiger partial charge in [-0.05, 0) is 37.1 Å². The molecule has 0 saturated carbocycles. The van der Waals surface area contributed by atoms with E-state index in [1.54, 1.807) is 18.2 Å². The van der Waals surface area contributed by atoms with Crippen molar-refractivity contribution in [2.75, 3.05) is 0 Å². The molecule has 1 aromatic carbocycles. The Balaban J connectivity index is 2.44. The summed E-state index contributed by atoms with van der Waals surface area (Å²) in [5.74, 6) is 0.943. The molecular weight excluding hydrogens is 238 g/mol. The maximum atomic E-state index is 11.8. The summed E-state index contributed by atoms with van der Waals surface area (Å²) in [6.07, 6.45) is 1.27. The first kappa shape index (κ1) is 13.1. The highest BCUT2D eigenvalue weighted by Gasteiger charge is 2.15. The fourth-order valence-electron chi connectivity index (χ4n) is 2.06. The van der Waals surface area contributed by atoms with Crippen molar-refractivity contribution in [3.05, 3.63) is 47.2 Å². The third-order valence-corrected chi connectivity index (χ3v) is 3.00. The van der Waals surface area contributed by atoms with Crippen LogP contribution in [0.3, 0.4) is 0 Å².